The normalized spacial score (nSPS) is 16.4. The van der Waals surface area contributed by atoms with Gasteiger partial charge in [0.2, 0.25) is 5.95 Å². The molecule has 1 aliphatic heterocycles. The van der Waals surface area contributed by atoms with Gasteiger partial charge in [0, 0.05) is 50.5 Å². The summed E-state index contributed by atoms with van der Waals surface area (Å²) in [5, 5.41) is 8.91. The molecule has 2 aromatic heterocycles. The Balaban J connectivity index is 1.73. The van der Waals surface area contributed by atoms with E-state index >= 15 is 0 Å². The first-order chi connectivity index (χ1) is 14.7. The first-order valence-electron chi connectivity index (χ1n) is 9.72. The van der Waals surface area contributed by atoms with Crippen LogP contribution in [0.15, 0.2) is 47.7 Å². The molecule has 0 fully saturated rings. The number of nitrogens with one attached hydrogen (secondary N) is 1. The van der Waals surface area contributed by atoms with Crippen LogP contribution in [0.1, 0.15) is 25.3 Å². The van der Waals surface area contributed by atoms with E-state index < -0.39 is 20.5 Å². The number of hydrogen-bond acceptors (Lipinski definition) is 8. The van der Waals surface area contributed by atoms with Crippen LogP contribution < -0.4 is 15.9 Å². The summed E-state index contributed by atoms with van der Waals surface area (Å²) in [6.45, 7) is 2.59. The van der Waals surface area contributed by atoms with Crippen LogP contribution in [0, 0.1) is 0 Å². The Bertz CT molecular complexity index is 1150. The number of pyridine rings is 1. The highest BCUT2D eigenvalue weighted by atomic mass is 32.2. The van der Waals surface area contributed by atoms with Gasteiger partial charge in [0.25, 0.3) is 11.5 Å². The topological polar surface area (TPSA) is 134 Å². The minimum absolute atomic E-state index is 0.00821. The molecular weight excluding hydrogens is 422 g/mol. The third-order valence-corrected chi connectivity index (χ3v) is 7.67. The molecule has 0 saturated heterocycles. The monoisotopic (exact) mass is 447 g/mol. The summed E-state index contributed by atoms with van der Waals surface area (Å²) in [4.78, 5) is 35.0. The minimum Gasteiger partial charge on any atom is -0.337 e. The maximum Gasteiger partial charge on any atom is 0.264 e. The summed E-state index contributed by atoms with van der Waals surface area (Å²) in [6.07, 6.45) is 8.50. The second-order valence-electron chi connectivity index (χ2n) is 7.62. The van der Waals surface area contributed by atoms with Gasteiger partial charge in [0.15, 0.2) is 14.6 Å². The average Bonchev–Trinajstić information content (AvgIpc) is 2.77. The lowest BCUT2D eigenvalue weighted by Gasteiger charge is -2.26. The number of sulfone groups is 1. The fourth-order valence-corrected chi connectivity index (χ4v) is 4.22. The number of nitrogens with zero attached hydrogens (tertiary/aromatic N) is 4. The molecule has 0 saturated carbocycles. The molecule has 0 aromatic carbocycles. The van der Waals surface area contributed by atoms with Gasteiger partial charge in [-0.05, 0) is 43.0 Å². The van der Waals surface area contributed by atoms with Crippen LogP contribution in [-0.4, -0.2) is 58.2 Å². The lowest BCUT2D eigenvalue weighted by atomic mass is 10.0. The maximum absolute atomic E-state index is 12.6. The summed E-state index contributed by atoms with van der Waals surface area (Å²) in [5.41, 5.74) is 2.94. The first-order valence-corrected chi connectivity index (χ1v) is 11.6. The molecule has 0 spiro atoms. The Morgan fingerprint density at radius 3 is 2.58 bits per heavy atom. The van der Waals surface area contributed by atoms with Gasteiger partial charge in [-0.2, -0.15) is 0 Å². The number of aryl methyl sites for hydroxylation is 1. The van der Waals surface area contributed by atoms with Crippen LogP contribution in [0.5, 0.6) is 0 Å². The van der Waals surface area contributed by atoms with E-state index in [1.165, 1.54) is 23.0 Å². The number of carbonyl (C=O) groups is 1. The molecular formula is C20H25N5O5S. The van der Waals surface area contributed by atoms with Gasteiger partial charge in [-0.1, -0.05) is 6.08 Å². The molecule has 3 heterocycles. The van der Waals surface area contributed by atoms with Gasteiger partial charge in [0.05, 0.1) is 0 Å². The molecule has 10 nitrogen and oxygen atoms in total. The SMILES string of the molecule is C[C@@](CCn1ccc(C2=CCN(c3ncccn3)CC2)cc1=O)(C(=O)NO)S(C)(=O)=O. The number of hydroxylamine groups is 1. The Morgan fingerprint density at radius 2 is 2.03 bits per heavy atom. The summed E-state index contributed by atoms with van der Waals surface area (Å²) in [7, 11) is -3.82. The number of anilines is 1. The lowest BCUT2D eigenvalue weighted by molar-refractivity contribution is -0.131. The van der Waals surface area contributed by atoms with Crippen molar-refractivity contribution < 1.29 is 18.4 Å². The van der Waals surface area contributed by atoms with Crippen molar-refractivity contribution in [2.75, 3.05) is 24.2 Å². The summed E-state index contributed by atoms with van der Waals surface area (Å²) >= 11 is 0. The van der Waals surface area contributed by atoms with E-state index in [1.807, 2.05) is 11.0 Å². The molecule has 1 amide bonds. The van der Waals surface area contributed by atoms with Crippen molar-refractivity contribution in [3.8, 4) is 0 Å². The quantitative estimate of drug-likeness (QED) is 0.466. The zero-order chi connectivity index (χ0) is 22.6. The second kappa shape index (κ2) is 8.98. The Morgan fingerprint density at radius 1 is 1.32 bits per heavy atom. The standard InChI is InChI=1S/C20H25N5O5S/c1-20(18(27)23-28,31(2,29)30)7-13-24-10-6-16(14-17(24)26)15-4-11-25(12-5-15)19-21-8-3-9-22-19/h3-4,6,8-10,14,28H,5,7,11-13H2,1-2H3,(H,23,27)/t20-/m1/s1. The summed E-state index contributed by atoms with van der Waals surface area (Å²) < 4.78 is 23.6. The predicted molar refractivity (Wildman–Crippen MR) is 115 cm³/mol. The maximum atomic E-state index is 12.6. The summed E-state index contributed by atoms with van der Waals surface area (Å²) in [6, 6.07) is 5.06. The smallest absolute Gasteiger partial charge is 0.264 e. The van der Waals surface area contributed by atoms with Crippen molar-refractivity contribution in [3.05, 3.63) is 58.8 Å². The summed E-state index contributed by atoms with van der Waals surface area (Å²) in [5.74, 6) is -0.368. The van der Waals surface area contributed by atoms with E-state index in [9.17, 15) is 18.0 Å². The van der Waals surface area contributed by atoms with E-state index in [4.69, 9.17) is 5.21 Å². The van der Waals surface area contributed by atoms with E-state index in [-0.39, 0.29) is 18.5 Å². The van der Waals surface area contributed by atoms with E-state index in [2.05, 4.69) is 9.97 Å². The van der Waals surface area contributed by atoms with Gasteiger partial charge in [-0.25, -0.2) is 23.9 Å². The Kier molecular flexibility index (Phi) is 6.56. The van der Waals surface area contributed by atoms with Crippen LogP contribution in [0.4, 0.5) is 5.95 Å². The van der Waals surface area contributed by atoms with Crippen molar-refractivity contribution in [2.45, 2.75) is 31.1 Å². The lowest BCUT2D eigenvalue weighted by Crippen LogP contribution is -2.49. The van der Waals surface area contributed by atoms with Crippen molar-refractivity contribution in [3.63, 3.8) is 0 Å². The van der Waals surface area contributed by atoms with Gasteiger partial charge >= 0.3 is 0 Å². The molecule has 0 radical (unpaired) electrons. The Labute approximate surface area is 180 Å². The highest BCUT2D eigenvalue weighted by molar-refractivity contribution is 7.92. The molecule has 0 bridgehead atoms. The van der Waals surface area contributed by atoms with E-state index in [0.29, 0.717) is 12.5 Å². The molecule has 3 rings (SSSR count). The molecule has 166 valence electrons. The average molecular weight is 448 g/mol. The van der Waals surface area contributed by atoms with Gasteiger partial charge in [0.1, 0.15) is 0 Å². The zero-order valence-corrected chi connectivity index (χ0v) is 18.2. The number of carbonyl (C=O) groups excluding carboxylic acids is 1. The van der Waals surface area contributed by atoms with Crippen molar-refractivity contribution in [2.24, 2.45) is 0 Å². The molecule has 1 atom stereocenters. The van der Waals surface area contributed by atoms with E-state index in [0.717, 1.165) is 30.4 Å². The number of aromatic nitrogens is 3. The number of amides is 1. The third kappa shape index (κ3) is 4.83. The Hall–Kier alpha value is -3.05. The fraction of sp³-hybridized carbons (Fsp3) is 0.400. The van der Waals surface area contributed by atoms with Crippen LogP contribution in [0.3, 0.4) is 0 Å². The van der Waals surface area contributed by atoms with Gasteiger partial charge in [-0.3, -0.25) is 14.8 Å². The first kappa shape index (κ1) is 22.6. The van der Waals surface area contributed by atoms with Gasteiger partial charge < -0.3 is 9.47 Å². The number of rotatable bonds is 7. The van der Waals surface area contributed by atoms with Crippen molar-refractivity contribution in [1.82, 2.24) is 20.0 Å². The van der Waals surface area contributed by atoms with Gasteiger partial charge in [-0.15, -0.1) is 0 Å². The molecule has 11 heteroatoms. The molecule has 2 N–H and O–H groups in total. The number of hydrogen-bond donors (Lipinski definition) is 2. The second-order valence-corrected chi connectivity index (χ2v) is 10.1. The van der Waals surface area contributed by atoms with E-state index in [1.54, 1.807) is 30.7 Å². The minimum atomic E-state index is -3.82. The van der Waals surface area contributed by atoms with Crippen molar-refractivity contribution in [1.29, 1.82) is 0 Å². The highest BCUT2D eigenvalue weighted by Gasteiger charge is 2.43. The predicted octanol–water partition coefficient (Wildman–Crippen LogP) is 0.631. The molecule has 2 aromatic rings. The molecule has 0 unspecified atom stereocenters. The van der Waals surface area contributed by atoms with Crippen LogP contribution in [0.25, 0.3) is 5.57 Å². The zero-order valence-electron chi connectivity index (χ0n) is 17.4. The largest absolute Gasteiger partial charge is 0.337 e. The van der Waals surface area contributed by atoms with Crippen LogP contribution in [0.2, 0.25) is 0 Å². The highest BCUT2D eigenvalue weighted by Crippen LogP contribution is 2.24. The molecule has 0 aliphatic carbocycles. The van der Waals surface area contributed by atoms with Crippen molar-refractivity contribution >= 4 is 27.3 Å². The molecule has 1 aliphatic rings. The van der Waals surface area contributed by atoms with Crippen LogP contribution >= 0.6 is 0 Å². The van der Waals surface area contributed by atoms with Crippen LogP contribution in [-0.2, 0) is 21.2 Å². The fourth-order valence-electron chi connectivity index (χ4n) is 3.38. The third-order valence-electron chi connectivity index (χ3n) is 5.64. The molecule has 31 heavy (non-hydrogen) atoms.